The van der Waals surface area contributed by atoms with Crippen LogP contribution in [0.1, 0.15) is 5.56 Å². The summed E-state index contributed by atoms with van der Waals surface area (Å²) in [5.41, 5.74) is 6.38. The fourth-order valence-electron chi connectivity index (χ4n) is 1.64. The van der Waals surface area contributed by atoms with Crippen molar-refractivity contribution in [3.63, 3.8) is 0 Å². The Labute approximate surface area is 117 Å². The van der Waals surface area contributed by atoms with Gasteiger partial charge in [-0.3, -0.25) is 0 Å². The summed E-state index contributed by atoms with van der Waals surface area (Å²) in [6.07, 6.45) is 0. The van der Waals surface area contributed by atoms with E-state index in [2.05, 4.69) is 0 Å². The van der Waals surface area contributed by atoms with Gasteiger partial charge in [0.05, 0.1) is 28.8 Å². The second-order valence-electron chi connectivity index (χ2n) is 3.99. The number of halogens is 1. The number of benzene rings is 1. The zero-order chi connectivity index (χ0) is 14.6. The second-order valence-corrected chi connectivity index (χ2v) is 6.31. The summed E-state index contributed by atoms with van der Waals surface area (Å²) in [7, 11) is -3.81. The van der Waals surface area contributed by atoms with Crippen molar-refractivity contribution in [1.82, 2.24) is 4.31 Å². The molecule has 1 rings (SSSR count). The predicted octanol–water partition coefficient (Wildman–Crippen LogP) is 0.206. The second kappa shape index (κ2) is 6.53. The number of hydrogen-bond donors (Lipinski definition) is 3. The first-order chi connectivity index (χ1) is 8.84. The molecule has 0 fully saturated rings. The quantitative estimate of drug-likeness (QED) is 0.652. The molecule has 1 aromatic carbocycles. The molecular formula is C11H17ClN2O4S. The number of hydrogen-bond acceptors (Lipinski definition) is 5. The SMILES string of the molecule is Cc1cc(S(=O)(=O)N(CCO)CCO)cc(N)c1Cl. The number of aliphatic hydroxyl groups excluding tert-OH is 2. The summed E-state index contributed by atoms with van der Waals surface area (Å²) in [6, 6.07) is 2.68. The standard InChI is InChI=1S/C11H17ClN2O4S/c1-8-6-9(7-10(13)11(8)12)19(17,18)14(2-4-15)3-5-16/h6-7,15-16H,2-5,13H2,1H3. The van der Waals surface area contributed by atoms with Gasteiger partial charge in [-0.05, 0) is 24.6 Å². The number of aliphatic hydroxyl groups is 2. The van der Waals surface area contributed by atoms with Gasteiger partial charge in [-0.25, -0.2) is 8.42 Å². The first kappa shape index (κ1) is 16.2. The molecule has 0 amide bonds. The molecule has 6 nitrogen and oxygen atoms in total. The van der Waals surface area contributed by atoms with Gasteiger partial charge in [-0.2, -0.15) is 4.31 Å². The number of aryl methyl sites for hydroxylation is 1. The van der Waals surface area contributed by atoms with Crippen LogP contribution >= 0.6 is 11.6 Å². The fourth-order valence-corrected chi connectivity index (χ4v) is 3.29. The van der Waals surface area contributed by atoms with Crippen LogP contribution in [0.4, 0.5) is 5.69 Å². The highest BCUT2D eigenvalue weighted by atomic mass is 35.5. The summed E-state index contributed by atoms with van der Waals surface area (Å²) in [6.45, 7) is 0.803. The molecule has 0 aromatic heterocycles. The lowest BCUT2D eigenvalue weighted by molar-refractivity contribution is 0.217. The van der Waals surface area contributed by atoms with E-state index >= 15 is 0 Å². The van der Waals surface area contributed by atoms with Crippen LogP contribution in [0.5, 0.6) is 0 Å². The summed E-state index contributed by atoms with van der Waals surface area (Å²) in [4.78, 5) is -0.00574. The maximum atomic E-state index is 12.3. The smallest absolute Gasteiger partial charge is 0.243 e. The Morgan fingerprint density at radius 2 is 1.79 bits per heavy atom. The van der Waals surface area contributed by atoms with Crippen LogP contribution in [0.3, 0.4) is 0 Å². The Morgan fingerprint density at radius 1 is 1.26 bits per heavy atom. The zero-order valence-corrected chi connectivity index (χ0v) is 12.1. The van der Waals surface area contributed by atoms with Gasteiger partial charge in [0.1, 0.15) is 0 Å². The largest absolute Gasteiger partial charge is 0.397 e. The van der Waals surface area contributed by atoms with Crippen LogP contribution in [0, 0.1) is 6.92 Å². The molecule has 0 saturated carbocycles. The summed E-state index contributed by atoms with van der Waals surface area (Å²) < 4.78 is 25.7. The van der Waals surface area contributed by atoms with Crippen LogP contribution in [0.25, 0.3) is 0 Å². The normalized spacial score (nSPS) is 12.1. The van der Waals surface area contributed by atoms with Crippen LogP contribution in [-0.2, 0) is 10.0 Å². The van der Waals surface area contributed by atoms with Crippen molar-refractivity contribution < 1.29 is 18.6 Å². The molecule has 0 aliphatic rings. The number of nitrogens with zero attached hydrogens (tertiary/aromatic N) is 1. The highest BCUT2D eigenvalue weighted by molar-refractivity contribution is 7.89. The molecule has 1 aromatic rings. The van der Waals surface area contributed by atoms with Crippen LogP contribution < -0.4 is 5.73 Å². The van der Waals surface area contributed by atoms with E-state index in [1.165, 1.54) is 12.1 Å². The molecule has 0 saturated heterocycles. The first-order valence-electron chi connectivity index (χ1n) is 5.62. The molecule has 4 N–H and O–H groups in total. The van der Waals surface area contributed by atoms with Gasteiger partial charge < -0.3 is 15.9 Å². The summed E-state index contributed by atoms with van der Waals surface area (Å²) in [5, 5.41) is 18.1. The lowest BCUT2D eigenvalue weighted by atomic mass is 10.2. The topological polar surface area (TPSA) is 104 Å². The molecule has 108 valence electrons. The monoisotopic (exact) mass is 308 g/mol. The van der Waals surface area contributed by atoms with Crippen molar-refractivity contribution in [2.24, 2.45) is 0 Å². The van der Waals surface area contributed by atoms with Gasteiger partial charge >= 0.3 is 0 Å². The number of nitrogens with two attached hydrogens (primary N) is 1. The third-order valence-corrected chi connectivity index (χ3v) is 4.99. The Kier molecular flexibility index (Phi) is 5.57. The van der Waals surface area contributed by atoms with Gasteiger partial charge in [0, 0.05) is 13.1 Å². The minimum atomic E-state index is -3.81. The van der Waals surface area contributed by atoms with Crippen molar-refractivity contribution in [2.75, 3.05) is 32.0 Å². The average molecular weight is 309 g/mol. The van der Waals surface area contributed by atoms with Crippen LogP contribution in [0.15, 0.2) is 17.0 Å². The van der Waals surface area contributed by atoms with E-state index in [9.17, 15) is 8.42 Å². The van der Waals surface area contributed by atoms with E-state index in [-0.39, 0.29) is 36.9 Å². The first-order valence-corrected chi connectivity index (χ1v) is 7.44. The third-order valence-electron chi connectivity index (χ3n) is 2.59. The molecule has 0 unspecified atom stereocenters. The van der Waals surface area contributed by atoms with Gasteiger partial charge in [-0.1, -0.05) is 11.6 Å². The Morgan fingerprint density at radius 3 is 2.21 bits per heavy atom. The fraction of sp³-hybridized carbons (Fsp3) is 0.455. The van der Waals surface area contributed by atoms with Crippen molar-refractivity contribution in [2.45, 2.75) is 11.8 Å². The van der Waals surface area contributed by atoms with Gasteiger partial charge in [0.15, 0.2) is 0 Å². The summed E-state index contributed by atoms with van der Waals surface area (Å²) >= 11 is 5.89. The molecule has 0 aliphatic carbocycles. The van der Waals surface area contributed by atoms with Gasteiger partial charge in [0.2, 0.25) is 10.0 Å². The van der Waals surface area contributed by atoms with Crippen molar-refractivity contribution in [3.8, 4) is 0 Å². The third kappa shape index (κ3) is 3.58. The van der Waals surface area contributed by atoms with E-state index in [0.29, 0.717) is 10.6 Å². The molecule has 0 heterocycles. The lowest BCUT2D eigenvalue weighted by Crippen LogP contribution is -2.35. The molecule has 0 aliphatic heterocycles. The number of anilines is 1. The highest BCUT2D eigenvalue weighted by Crippen LogP contribution is 2.28. The average Bonchev–Trinajstić information content (AvgIpc) is 2.35. The molecule has 0 bridgehead atoms. The maximum Gasteiger partial charge on any atom is 0.243 e. The van der Waals surface area contributed by atoms with Crippen LogP contribution in [0.2, 0.25) is 5.02 Å². The zero-order valence-electron chi connectivity index (χ0n) is 10.5. The molecule has 19 heavy (non-hydrogen) atoms. The molecular weight excluding hydrogens is 292 g/mol. The van der Waals surface area contributed by atoms with Gasteiger partial charge in [0.25, 0.3) is 0 Å². The van der Waals surface area contributed by atoms with Gasteiger partial charge in [-0.15, -0.1) is 0 Å². The molecule has 0 atom stereocenters. The molecule has 0 spiro atoms. The van der Waals surface area contributed by atoms with E-state index in [1.807, 2.05) is 0 Å². The highest BCUT2D eigenvalue weighted by Gasteiger charge is 2.24. The Bertz CT molecular complexity index is 519. The van der Waals surface area contributed by atoms with Crippen molar-refractivity contribution in [3.05, 3.63) is 22.7 Å². The van der Waals surface area contributed by atoms with Crippen molar-refractivity contribution in [1.29, 1.82) is 0 Å². The molecule has 8 heteroatoms. The van der Waals surface area contributed by atoms with E-state index < -0.39 is 10.0 Å². The predicted molar refractivity (Wildman–Crippen MR) is 73.5 cm³/mol. The molecule has 0 radical (unpaired) electrons. The van der Waals surface area contributed by atoms with Crippen LogP contribution in [-0.4, -0.2) is 49.2 Å². The number of rotatable bonds is 6. The minimum Gasteiger partial charge on any atom is -0.397 e. The van der Waals surface area contributed by atoms with E-state index in [4.69, 9.17) is 27.5 Å². The minimum absolute atomic E-state index is 0.00574. The van der Waals surface area contributed by atoms with E-state index in [0.717, 1.165) is 4.31 Å². The van der Waals surface area contributed by atoms with E-state index in [1.54, 1.807) is 6.92 Å². The van der Waals surface area contributed by atoms with Crippen molar-refractivity contribution >= 4 is 27.3 Å². The number of nitrogen functional groups attached to an aromatic ring is 1. The maximum absolute atomic E-state index is 12.3. The lowest BCUT2D eigenvalue weighted by Gasteiger charge is -2.21. The summed E-state index contributed by atoms with van der Waals surface area (Å²) in [5.74, 6) is 0. The Balaban J connectivity index is 3.25. The number of sulfonamides is 1. The Hall–Kier alpha value is -0.860.